The van der Waals surface area contributed by atoms with Gasteiger partial charge in [0.05, 0.1) is 12.2 Å². The number of nitrogens with zero attached hydrogens (tertiary/aromatic N) is 5. The summed E-state index contributed by atoms with van der Waals surface area (Å²) in [4.78, 5) is 0. The van der Waals surface area contributed by atoms with E-state index in [1.807, 2.05) is 18.2 Å². The molecule has 20 heavy (non-hydrogen) atoms. The van der Waals surface area contributed by atoms with Crippen LogP contribution in [0.2, 0.25) is 0 Å². The summed E-state index contributed by atoms with van der Waals surface area (Å²) in [6.45, 7) is 1.70. The molecule has 2 N–H and O–H groups in total. The molecule has 0 saturated carbocycles. The Morgan fingerprint density at radius 2 is 2.05 bits per heavy atom. The van der Waals surface area contributed by atoms with E-state index < -0.39 is 0 Å². The first-order chi connectivity index (χ1) is 9.93. The van der Waals surface area contributed by atoms with E-state index in [-0.39, 0.29) is 6.04 Å². The summed E-state index contributed by atoms with van der Waals surface area (Å²) < 4.78 is 2.10. The first-order valence-corrected chi connectivity index (χ1v) is 6.51. The summed E-state index contributed by atoms with van der Waals surface area (Å²) in [6.07, 6.45) is 1.66. The second kappa shape index (κ2) is 4.53. The number of H-pyrrole nitrogens is 1. The standard InChI is InChI=1S/C13H13N7/c1-2-4-9(5-3-1)11-13-18-17-12(10-8-15-19-16-10)20(13)7-6-14-11/h1-5,8,11,14H,6-7H2,(H,15,16,19). The molecule has 7 heteroatoms. The van der Waals surface area contributed by atoms with E-state index in [2.05, 4.69) is 47.6 Å². The third-order valence-corrected chi connectivity index (χ3v) is 3.50. The molecule has 0 fully saturated rings. The summed E-state index contributed by atoms with van der Waals surface area (Å²) in [5, 5.41) is 22.6. The lowest BCUT2D eigenvalue weighted by atomic mass is 10.0. The predicted molar refractivity (Wildman–Crippen MR) is 71.7 cm³/mol. The van der Waals surface area contributed by atoms with Crippen molar-refractivity contribution >= 4 is 0 Å². The van der Waals surface area contributed by atoms with Crippen molar-refractivity contribution < 1.29 is 0 Å². The van der Waals surface area contributed by atoms with Gasteiger partial charge in [-0.15, -0.1) is 10.2 Å². The number of rotatable bonds is 2. The Hall–Kier alpha value is -2.54. The SMILES string of the molecule is c1ccc(C2NCCn3c(-c4cn[nH]n4)nnc32)cc1. The highest BCUT2D eigenvalue weighted by Gasteiger charge is 2.27. The molecule has 0 amide bonds. The van der Waals surface area contributed by atoms with Crippen LogP contribution in [-0.4, -0.2) is 36.7 Å². The summed E-state index contributed by atoms with van der Waals surface area (Å²) in [5.74, 6) is 1.68. The van der Waals surface area contributed by atoms with Gasteiger partial charge >= 0.3 is 0 Å². The smallest absolute Gasteiger partial charge is 0.186 e. The van der Waals surface area contributed by atoms with Crippen molar-refractivity contribution in [2.75, 3.05) is 6.54 Å². The minimum atomic E-state index is 0.0677. The van der Waals surface area contributed by atoms with Crippen molar-refractivity contribution in [2.24, 2.45) is 0 Å². The molecule has 3 aromatic rings. The Bertz CT molecular complexity index is 702. The first-order valence-electron chi connectivity index (χ1n) is 6.51. The molecule has 1 atom stereocenters. The van der Waals surface area contributed by atoms with Gasteiger partial charge in [-0.1, -0.05) is 30.3 Å². The minimum Gasteiger partial charge on any atom is -0.307 e. The van der Waals surface area contributed by atoms with Gasteiger partial charge in [0, 0.05) is 13.1 Å². The van der Waals surface area contributed by atoms with Crippen LogP contribution in [0.5, 0.6) is 0 Å². The molecule has 1 unspecified atom stereocenters. The normalized spacial score (nSPS) is 17.9. The second-order valence-corrected chi connectivity index (χ2v) is 4.69. The number of hydrogen-bond acceptors (Lipinski definition) is 5. The number of benzene rings is 1. The topological polar surface area (TPSA) is 84.3 Å². The Balaban J connectivity index is 1.80. The molecule has 0 saturated heterocycles. The summed E-state index contributed by atoms with van der Waals surface area (Å²) in [5.41, 5.74) is 1.91. The van der Waals surface area contributed by atoms with Crippen molar-refractivity contribution in [3.63, 3.8) is 0 Å². The van der Waals surface area contributed by atoms with E-state index in [4.69, 9.17) is 0 Å². The van der Waals surface area contributed by atoms with E-state index in [1.54, 1.807) is 6.20 Å². The summed E-state index contributed by atoms with van der Waals surface area (Å²) in [7, 11) is 0. The van der Waals surface area contributed by atoms with Crippen LogP contribution in [-0.2, 0) is 6.54 Å². The molecule has 1 aliphatic rings. The van der Waals surface area contributed by atoms with Crippen molar-refractivity contribution in [3.8, 4) is 11.5 Å². The van der Waals surface area contributed by atoms with Crippen LogP contribution >= 0.6 is 0 Å². The van der Waals surface area contributed by atoms with Crippen molar-refractivity contribution in [1.29, 1.82) is 0 Å². The van der Waals surface area contributed by atoms with Gasteiger partial charge in [0.25, 0.3) is 0 Å². The number of aromatic nitrogens is 6. The number of fused-ring (bicyclic) bond motifs is 1. The monoisotopic (exact) mass is 267 g/mol. The fourth-order valence-electron chi connectivity index (χ4n) is 2.57. The van der Waals surface area contributed by atoms with Gasteiger partial charge in [-0.25, -0.2) is 0 Å². The van der Waals surface area contributed by atoms with E-state index in [0.29, 0.717) is 0 Å². The lowest BCUT2D eigenvalue weighted by Crippen LogP contribution is -2.34. The van der Waals surface area contributed by atoms with E-state index in [0.717, 1.165) is 30.4 Å². The lowest BCUT2D eigenvalue weighted by molar-refractivity contribution is 0.457. The Morgan fingerprint density at radius 1 is 1.15 bits per heavy atom. The highest BCUT2D eigenvalue weighted by molar-refractivity contribution is 5.47. The van der Waals surface area contributed by atoms with E-state index >= 15 is 0 Å². The van der Waals surface area contributed by atoms with Gasteiger partial charge in [0.15, 0.2) is 11.6 Å². The third kappa shape index (κ3) is 1.71. The quantitative estimate of drug-likeness (QED) is 0.716. The van der Waals surface area contributed by atoms with Gasteiger partial charge in [0.2, 0.25) is 0 Å². The molecule has 1 aliphatic heterocycles. The van der Waals surface area contributed by atoms with Gasteiger partial charge < -0.3 is 9.88 Å². The molecule has 0 spiro atoms. The number of nitrogens with one attached hydrogen (secondary N) is 2. The Kier molecular flexibility index (Phi) is 2.56. The van der Waals surface area contributed by atoms with Crippen LogP contribution in [0.25, 0.3) is 11.5 Å². The number of aromatic amines is 1. The van der Waals surface area contributed by atoms with Crippen molar-refractivity contribution in [3.05, 3.63) is 47.9 Å². The fraction of sp³-hybridized carbons (Fsp3) is 0.231. The van der Waals surface area contributed by atoms with Crippen LogP contribution in [0.1, 0.15) is 17.4 Å². The van der Waals surface area contributed by atoms with E-state index in [1.165, 1.54) is 5.56 Å². The van der Waals surface area contributed by atoms with Gasteiger partial charge in [0.1, 0.15) is 5.69 Å². The average Bonchev–Trinajstić information content (AvgIpc) is 3.16. The van der Waals surface area contributed by atoms with Crippen molar-refractivity contribution in [1.82, 2.24) is 35.5 Å². The zero-order chi connectivity index (χ0) is 13.4. The predicted octanol–water partition coefficient (Wildman–Crippen LogP) is 0.756. The molecule has 4 rings (SSSR count). The molecule has 0 aliphatic carbocycles. The maximum atomic E-state index is 4.34. The minimum absolute atomic E-state index is 0.0677. The summed E-state index contributed by atoms with van der Waals surface area (Å²) in [6, 6.07) is 10.3. The van der Waals surface area contributed by atoms with Crippen molar-refractivity contribution in [2.45, 2.75) is 12.6 Å². The van der Waals surface area contributed by atoms with Crippen LogP contribution in [0, 0.1) is 0 Å². The number of hydrogen-bond donors (Lipinski definition) is 2. The molecule has 0 radical (unpaired) electrons. The van der Waals surface area contributed by atoms with Gasteiger partial charge in [-0.2, -0.15) is 15.4 Å². The second-order valence-electron chi connectivity index (χ2n) is 4.69. The molecular formula is C13H13N7. The average molecular weight is 267 g/mol. The third-order valence-electron chi connectivity index (χ3n) is 3.50. The Morgan fingerprint density at radius 3 is 2.85 bits per heavy atom. The molecule has 2 aromatic heterocycles. The molecular weight excluding hydrogens is 254 g/mol. The molecule has 1 aromatic carbocycles. The maximum Gasteiger partial charge on any atom is 0.186 e. The van der Waals surface area contributed by atoms with Crippen LogP contribution < -0.4 is 5.32 Å². The van der Waals surface area contributed by atoms with E-state index in [9.17, 15) is 0 Å². The van der Waals surface area contributed by atoms with Crippen LogP contribution in [0.15, 0.2) is 36.5 Å². The molecule has 7 nitrogen and oxygen atoms in total. The zero-order valence-corrected chi connectivity index (χ0v) is 10.7. The Labute approximate surface area is 115 Å². The molecule has 100 valence electrons. The fourth-order valence-corrected chi connectivity index (χ4v) is 2.57. The van der Waals surface area contributed by atoms with Crippen LogP contribution in [0.4, 0.5) is 0 Å². The highest BCUT2D eigenvalue weighted by Crippen LogP contribution is 2.26. The highest BCUT2D eigenvalue weighted by atomic mass is 15.4. The van der Waals surface area contributed by atoms with Crippen LogP contribution in [0.3, 0.4) is 0 Å². The zero-order valence-electron chi connectivity index (χ0n) is 10.7. The molecule has 3 heterocycles. The summed E-state index contributed by atoms with van der Waals surface area (Å²) >= 11 is 0. The van der Waals surface area contributed by atoms with Gasteiger partial charge in [-0.05, 0) is 5.56 Å². The lowest BCUT2D eigenvalue weighted by Gasteiger charge is -2.25. The van der Waals surface area contributed by atoms with Gasteiger partial charge in [-0.3, -0.25) is 0 Å². The largest absolute Gasteiger partial charge is 0.307 e. The molecule has 0 bridgehead atoms. The maximum absolute atomic E-state index is 4.34. The first kappa shape index (κ1) is 11.3.